The lowest BCUT2D eigenvalue weighted by molar-refractivity contribution is -0.148. The second-order valence-corrected chi connectivity index (χ2v) is 6.13. The van der Waals surface area contributed by atoms with Crippen molar-refractivity contribution in [2.24, 2.45) is 0 Å². The molecule has 6 nitrogen and oxygen atoms in total. The van der Waals surface area contributed by atoms with Gasteiger partial charge in [-0.05, 0) is 29.7 Å². The molecule has 0 aliphatic carbocycles. The van der Waals surface area contributed by atoms with Gasteiger partial charge in [-0.1, -0.05) is 49.4 Å². The Labute approximate surface area is 152 Å². The maximum atomic E-state index is 12.1. The summed E-state index contributed by atoms with van der Waals surface area (Å²) >= 11 is 0. The van der Waals surface area contributed by atoms with Crippen LogP contribution in [0.1, 0.15) is 25.8 Å². The average Bonchev–Trinajstić information content (AvgIpc) is 2.65. The van der Waals surface area contributed by atoms with Crippen molar-refractivity contribution in [3.05, 3.63) is 48.0 Å². The lowest BCUT2D eigenvalue weighted by Crippen LogP contribution is -2.37. The number of ether oxygens (including phenoxy) is 1. The van der Waals surface area contributed by atoms with Crippen LogP contribution in [0, 0.1) is 0 Å². The summed E-state index contributed by atoms with van der Waals surface area (Å²) in [5.41, 5.74) is 0.891. The Morgan fingerprint density at radius 1 is 1.04 bits per heavy atom. The Kier molecular flexibility index (Phi) is 7.14. The zero-order valence-corrected chi connectivity index (χ0v) is 15.1. The maximum absolute atomic E-state index is 12.1. The lowest BCUT2D eigenvalue weighted by Gasteiger charge is -2.11. The Morgan fingerprint density at radius 2 is 1.77 bits per heavy atom. The first-order valence-corrected chi connectivity index (χ1v) is 8.68. The van der Waals surface area contributed by atoms with E-state index in [4.69, 9.17) is 4.74 Å². The van der Waals surface area contributed by atoms with Crippen LogP contribution in [0.15, 0.2) is 42.5 Å². The minimum absolute atomic E-state index is 0.0293. The van der Waals surface area contributed by atoms with Gasteiger partial charge in [-0.15, -0.1) is 0 Å². The van der Waals surface area contributed by atoms with Crippen LogP contribution < -0.4 is 10.6 Å². The van der Waals surface area contributed by atoms with Gasteiger partial charge < -0.3 is 15.4 Å². The zero-order valence-electron chi connectivity index (χ0n) is 15.1. The molecule has 0 spiro atoms. The Morgan fingerprint density at radius 3 is 2.54 bits per heavy atom. The lowest BCUT2D eigenvalue weighted by atomic mass is 10.0. The van der Waals surface area contributed by atoms with Gasteiger partial charge in [-0.2, -0.15) is 0 Å². The van der Waals surface area contributed by atoms with Crippen molar-refractivity contribution in [1.82, 2.24) is 10.6 Å². The summed E-state index contributed by atoms with van der Waals surface area (Å²) in [5, 5.41) is 7.29. The van der Waals surface area contributed by atoms with Crippen molar-refractivity contribution < 1.29 is 19.1 Å². The molecule has 0 bridgehead atoms. The van der Waals surface area contributed by atoms with Crippen LogP contribution in [-0.2, 0) is 25.5 Å². The van der Waals surface area contributed by atoms with E-state index < -0.39 is 5.97 Å². The summed E-state index contributed by atoms with van der Waals surface area (Å²) < 4.78 is 4.85. The second-order valence-electron chi connectivity index (χ2n) is 6.13. The van der Waals surface area contributed by atoms with Crippen molar-refractivity contribution in [3.63, 3.8) is 0 Å². The number of fused-ring (bicyclic) bond motifs is 1. The van der Waals surface area contributed by atoms with E-state index in [2.05, 4.69) is 10.6 Å². The van der Waals surface area contributed by atoms with Crippen LogP contribution in [0.25, 0.3) is 10.8 Å². The first-order chi connectivity index (χ1) is 12.5. The molecule has 0 radical (unpaired) electrons. The molecule has 0 aromatic heterocycles. The van der Waals surface area contributed by atoms with Gasteiger partial charge in [0, 0.05) is 6.04 Å². The fourth-order valence-corrected chi connectivity index (χ4v) is 2.47. The molecule has 0 unspecified atom stereocenters. The molecular formula is C20H24N2O4. The smallest absolute Gasteiger partial charge is 0.325 e. The fraction of sp³-hybridized carbons (Fsp3) is 0.350. The largest absolute Gasteiger partial charge is 0.454 e. The predicted molar refractivity (Wildman–Crippen MR) is 99.5 cm³/mol. The van der Waals surface area contributed by atoms with Crippen LogP contribution in [0.2, 0.25) is 0 Å². The minimum atomic E-state index is -0.643. The maximum Gasteiger partial charge on any atom is 0.325 e. The monoisotopic (exact) mass is 356 g/mol. The molecule has 0 aliphatic rings. The van der Waals surface area contributed by atoms with E-state index in [1.165, 1.54) is 0 Å². The number of nitrogens with one attached hydrogen (secondary N) is 2. The topological polar surface area (TPSA) is 84.5 Å². The van der Waals surface area contributed by atoms with Crippen LogP contribution in [0.4, 0.5) is 0 Å². The molecule has 2 N–H and O–H groups in total. The van der Waals surface area contributed by atoms with Gasteiger partial charge in [-0.25, -0.2) is 0 Å². The number of carbonyl (C=O) groups excluding carboxylic acids is 3. The van der Waals surface area contributed by atoms with Gasteiger partial charge in [0.05, 0.1) is 6.42 Å². The third-order valence-corrected chi connectivity index (χ3v) is 4.04. The zero-order chi connectivity index (χ0) is 18.9. The van der Waals surface area contributed by atoms with Crippen molar-refractivity contribution in [1.29, 1.82) is 0 Å². The minimum Gasteiger partial charge on any atom is -0.454 e. The molecule has 138 valence electrons. The number of amides is 2. The SMILES string of the molecule is CC[C@@H](C)NC(=O)COC(=O)CNC(=O)Cc1cccc2ccccc12. The van der Waals surface area contributed by atoms with E-state index in [0.717, 1.165) is 22.8 Å². The van der Waals surface area contributed by atoms with Crippen LogP contribution in [-0.4, -0.2) is 37.0 Å². The van der Waals surface area contributed by atoms with Gasteiger partial charge in [0.1, 0.15) is 6.54 Å². The third-order valence-electron chi connectivity index (χ3n) is 4.04. The van der Waals surface area contributed by atoms with Crippen molar-refractivity contribution in [2.75, 3.05) is 13.2 Å². The van der Waals surface area contributed by atoms with E-state index >= 15 is 0 Å². The third kappa shape index (κ3) is 5.88. The first kappa shape index (κ1) is 19.4. The number of rotatable bonds is 8. The quantitative estimate of drug-likeness (QED) is 0.708. The molecule has 2 aromatic carbocycles. The molecule has 2 aromatic rings. The molecule has 0 saturated heterocycles. The van der Waals surface area contributed by atoms with E-state index in [9.17, 15) is 14.4 Å². The second kappa shape index (κ2) is 9.56. The Balaban J connectivity index is 1.78. The highest BCUT2D eigenvalue weighted by Gasteiger charge is 2.12. The van der Waals surface area contributed by atoms with Gasteiger partial charge in [-0.3, -0.25) is 14.4 Å². The number of hydrogen-bond acceptors (Lipinski definition) is 4. The van der Waals surface area contributed by atoms with Crippen molar-refractivity contribution >= 4 is 28.6 Å². The van der Waals surface area contributed by atoms with Gasteiger partial charge in [0.25, 0.3) is 5.91 Å². The molecule has 1 atom stereocenters. The summed E-state index contributed by atoms with van der Waals surface area (Å²) in [6, 6.07) is 13.6. The first-order valence-electron chi connectivity index (χ1n) is 8.68. The molecule has 0 heterocycles. The van der Waals surface area contributed by atoms with E-state index in [1.807, 2.05) is 56.3 Å². The van der Waals surface area contributed by atoms with E-state index in [1.54, 1.807) is 0 Å². The highest BCUT2D eigenvalue weighted by Crippen LogP contribution is 2.18. The molecular weight excluding hydrogens is 332 g/mol. The van der Waals surface area contributed by atoms with Gasteiger partial charge >= 0.3 is 5.97 Å². The summed E-state index contributed by atoms with van der Waals surface area (Å²) in [6.45, 7) is 3.21. The average molecular weight is 356 g/mol. The Hall–Kier alpha value is -2.89. The van der Waals surface area contributed by atoms with Crippen LogP contribution >= 0.6 is 0 Å². The molecule has 0 fully saturated rings. The Bertz CT molecular complexity index is 783. The molecule has 0 aliphatic heterocycles. The van der Waals surface area contributed by atoms with Crippen molar-refractivity contribution in [3.8, 4) is 0 Å². The van der Waals surface area contributed by atoms with E-state index in [0.29, 0.717) is 0 Å². The highest BCUT2D eigenvalue weighted by molar-refractivity contribution is 5.91. The van der Waals surface area contributed by atoms with Gasteiger partial charge in [0.2, 0.25) is 5.91 Å². The van der Waals surface area contributed by atoms with Crippen molar-refractivity contribution in [2.45, 2.75) is 32.7 Å². The summed E-state index contributed by atoms with van der Waals surface area (Å²) in [6.07, 6.45) is 0.965. The molecule has 26 heavy (non-hydrogen) atoms. The summed E-state index contributed by atoms with van der Waals surface area (Å²) in [5.74, 6) is -1.27. The standard InChI is InChI=1S/C20H24N2O4/c1-3-14(2)22-19(24)13-26-20(25)12-21-18(23)11-16-9-6-8-15-7-4-5-10-17(15)16/h4-10,14H,3,11-13H2,1-2H3,(H,21,23)(H,22,24)/t14-/m1/s1. The molecule has 2 rings (SSSR count). The van der Waals surface area contributed by atoms with E-state index in [-0.39, 0.29) is 37.4 Å². The van der Waals surface area contributed by atoms with Gasteiger partial charge in [0.15, 0.2) is 6.61 Å². The highest BCUT2D eigenvalue weighted by atomic mass is 16.5. The fourth-order valence-electron chi connectivity index (χ4n) is 2.47. The summed E-state index contributed by atoms with van der Waals surface area (Å²) in [7, 11) is 0. The number of hydrogen-bond donors (Lipinski definition) is 2. The molecule has 0 saturated carbocycles. The molecule has 6 heteroatoms. The number of carbonyl (C=O) groups is 3. The predicted octanol–water partition coefficient (Wildman–Crippen LogP) is 1.96. The number of esters is 1. The van der Waals surface area contributed by atoms with Crippen LogP contribution in [0.3, 0.4) is 0 Å². The van der Waals surface area contributed by atoms with Crippen LogP contribution in [0.5, 0.6) is 0 Å². The number of benzene rings is 2. The normalized spacial score (nSPS) is 11.6. The summed E-state index contributed by atoms with van der Waals surface area (Å²) in [4.78, 5) is 35.3. The molecule has 2 amide bonds.